The SMILES string of the molecule is COC(=O)C1=C(C(=O)OC)N(Cc2ccccc2)C(N)=C(C#N)C1c1ccc([N+](=O)[O-])cc1. The highest BCUT2D eigenvalue weighted by Crippen LogP contribution is 2.42. The molecule has 0 amide bonds. The van der Waals surface area contributed by atoms with E-state index < -0.39 is 22.8 Å². The molecule has 168 valence electrons. The number of nitro benzene ring substituents is 1. The molecule has 2 aromatic carbocycles. The van der Waals surface area contributed by atoms with Crippen LogP contribution in [-0.4, -0.2) is 36.0 Å². The van der Waals surface area contributed by atoms with Crippen molar-refractivity contribution in [3.63, 3.8) is 0 Å². The van der Waals surface area contributed by atoms with E-state index in [1.54, 1.807) is 24.3 Å². The molecule has 0 spiro atoms. The molecule has 33 heavy (non-hydrogen) atoms. The summed E-state index contributed by atoms with van der Waals surface area (Å²) < 4.78 is 9.88. The summed E-state index contributed by atoms with van der Waals surface area (Å²) in [6.07, 6.45) is 0. The van der Waals surface area contributed by atoms with Crippen LogP contribution in [0.1, 0.15) is 17.0 Å². The van der Waals surface area contributed by atoms with Gasteiger partial charge in [-0.25, -0.2) is 9.59 Å². The lowest BCUT2D eigenvalue weighted by Crippen LogP contribution is -2.40. The number of nitrogens with two attached hydrogens (primary N) is 1. The number of non-ortho nitro benzene ring substituents is 1. The molecule has 0 saturated heterocycles. The van der Waals surface area contributed by atoms with Gasteiger partial charge in [-0.2, -0.15) is 5.26 Å². The zero-order valence-corrected chi connectivity index (χ0v) is 17.8. The number of carbonyl (C=O) groups excluding carboxylic acids is 2. The summed E-state index contributed by atoms with van der Waals surface area (Å²) in [6, 6.07) is 16.3. The van der Waals surface area contributed by atoms with Crippen molar-refractivity contribution >= 4 is 17.6 Å². The van der Waals surface area contributed by atoms with Gasteiger partial charge in [-0.05, 0) is 11.1 Å². The predicted octanol–water partition coefficient (Wildman–Crippen LogP) is 2.49. The summed E-state index contributed by atoms with van der Waals surface area (Å²) in [6.45, 7) is 0.0791. The van der Waals surface area contributed by atoms with E-state index in [-0.39, 0.29) is 34.9 Å². The zero-order chi connectivity index (χ0) is 24.1. The van der Waals surface area contributed by atoms with Crippen molar-refractivity contribution in [1.82, 2.24) is 4.90 Å². The molecular weight excluding hydrogens is 428 g/mol. The summed E-state index contributed by atoms with van der Waals surface area (Å²) in [5.41, 5.74) is 6.96. The van der Waals surface area contributed by atoms with Gasteiger partial charge in [-0.3, -0.25) is 10.1 Å². The van der Waals surface area contributed by atoms with Crippen molar-refractivity contribution in [2.75, 3.05) is 14.2 Å². The van der Waals surface area contributed by atoms with Crippen LogP contribution in [0.3, 0.4) is 0 Å². The molecule has 1 unspecified atom stereocenters. The first-order chi connectivity index (χ1) is 15.8. The van der Waals surface area contributed by atoms with Crippen LogP contribution < -0.4 is 5.73 Å². The van der Waals surface area contributed by atoms with Crippen molar-refractivity contribution in [2.24, 2.45) is 5.73 Å². The van der Waals surface area contributed by atoms with E-state index >= 15 is 0 Å². The first kappa shape index (κ1) is 23.0. The van der Waals surface area contributed by atoms with Crippen molar-refractivity contribution in [3.05, 3.63) is 98.5 Å². The number of nitrogens with zero attached hydrogens (tertiary/aromatic N) is 3. The van der Waals surface area contributed by atoms with Gasteiger partial charge in [-0.1, -0.05) is 42.5 Å². The van der Waals surface area contributed by atoms with Gasteiger partial charge >= 0.3 is 11.9 Å². The first-order valence-corrected chi connectivity index (χ1v) is 9.70. The fourth-order valence-corrected chi connectivity index (χ4v) is 3.66. The average molecular weight is 448 g/mol. The molecular formula is C23H20N4O6. The standard InChI is InChI=1S/C23H20N4O6/c1-32-22(28)19-18(15-8-10-16(11-9-15)27(30)31)17(12-24)21(25)26(20(19)23(29)33-2)13-14-6-4-3-5-7-14/h3-11,18H,13,25H2,1-2H3. The number of hydrogen-bond donors (Lipinski definition) is 1. The molecule has 1 heterocycles. The number of benzene rings is 2. The number of methoxy groups -OCH3 is 2. The second-order valence-corrected chi connectivity index (χ2v) is 7.01. The van der Waals surface area contributed by atoms with Crippen molar-refractivity contribution in [2.45, 2.75) is 12.5 Å². The minimum absolute atomic E-state index is 0.00663. The smallest absolute Gasteiger partial charge is 0.355 e. The Bertz CT molecular complexity index is 1200. The van der Waals surface area contributed by atoms with Crippen LogP contribution in [0.4, 0.5) is 5.69 Å². The quantitative estimate of drug-likeness (QED) is 0.399. The minimum Gasteiger partial charge on any atom is -0.466 e. The molecule has 10 nitrogen and oxygen atoms in total. The van der Waals surface area contributed by atoms with Crippen LogP contribution in [-0.2, 0) is 25.6 Å². The zero-order valence-electron chi connectivity index (χ0n) is 17.8. The molecule has 2 aromatic rings. The maximum Gasteiger partial charge on any atom is 0.355 e. The summed E-state index contributed by atoms with van der Waals surface area (Å²) >= 11 is 0. The molecule has 0 aromatic heterocycles. The van der Waals surface area contributed by atoms with Crippen molar-refractivity contribution in [3.8, 4) is 6.07 Å². The number of esters is 2. The van der Waals surface area contributed by atoms with Crippen LogP contribution in [0.2, 0.25) is 0 Å². The van der Waals surface area contributed by atoms with Gasteiger partial charge in [0.05, 0.1) is 42.3 Å². The second kappa shape index (κ2) is 9.65. The van der Waals surface area contributed by atoms with Crippen LogP contribution in [0.15, 0.2) is 77.3 Å². The van der Waals surface area contributed by atoms with Gasteiger partial charge in [0.25, 0.3) is 5.69 Å². The van der Waals surface area contributed by atoms with Gasteiger partial charge < -0.3 is 20.1 Å². The molecule has 0 bridgehead atoms. The Morgan fingerprint density at radius 3 is 2.21 bits per heavy atom. The number of nitro groups is 1. The number of allylic oxidation sites excluding steroid dienone is 1. The Hall–Kier alpha value is -4.65. The van der Waals surface area contributed by atoms with E-state index in [1.165, 1.54) is 29.2 Å². The van der Waals surface area contributed by atoms with E-state index in [9.17, 15) is 25.0 Å². The third-order valence-electron chi connectivity index (χ3n) is 5.19. The molecule has 2 N–H and O–H groups in total. The second-order valence-electron chi connectivity index (χ2n) is 7.01. The minimum atomic E-state index is -1.09. The van der Waals surface area contributed by atoms with Gasteiger partial charge in [0.15, 0.2) is 0 Å². The lowest BCUT2D eigenvalue weighted by Gasteiger charge is -2.36. The van der Waals surface area contributed by atoms with E-state index in [4.69, 9.17) is 15.2 Å². The van der Waals surface area contributed by atoms with Gasteiger partial charge in [0.1, 0.15) is 11.5 Å². The van der Waals surface area contributed by atoms with E-state index in [1.807, 2.05) is 12.1 Å². The van der Waals surface area contributed by atoms with Crippen LogP contribution >= 0.6 is 0 Å². The third kappa shape index (κ3) is 4.38. The number of hydrogen-bond acceptors (Lipinski definition) is 9. The van der Waals surface area contributed by atoms with Crippen LogP contribution in [0, 0.1) is 21.4 Å². The molecule has 10 heteroatoms. The van der Waals surface area contributed by atoms with Crippen molar-refractivity contribution < 1.29 is 24.0 Å². The third-order valence-corrected chi connectivity index (χ3v) is 5.19. The lowest BCUT2D eigenvalue weighted by atomic mass is 9.81. The van der Waals surface area contributed by atoms with Crippen molar-refractivity contribution in [1.29, 1.82) is 5.26 Å². The molecule has 1 aliphatic heterocycles. The number of rotatable bonds is 6. The number of ether oxygens (including phenoxy) is 2. The highest BCUT2D eigenvalue weighted by molar-refractivity contribution is 6.02. The van der Waals surface area contributed by atoms with E-state index in [0.29, 0.717) is 5.56 Å². The fourth-order valence-electron chi connectivity index (χ4n) is 3.66. The fraction of sp³-hybridized carbons (Fsp3) is 0.174. The maximum atomic E-state index is 12.9. The molecule has 3 rings (SSSR count). The Balaban J connectivity index is 2.28. The Labute approximate surface area is 189 Å². The summed E-state index contributed by atoms with van der Waals surface area (Å²) in [7, 11) is 2.30. The predicted molar refractivity (Wildman–Crippen MR) is 116 cm³/mol. The van der Waals surface area contributed by atoms with Crippen LogP contribution in [0.5, 0.6) is 0 Å². The maximum absolute atomic E-state index is 12.9. The highest BCUT2D eigenvalue weighted by Gasteiger charge is 2.42. The number of nitriles is 1. The summed E-state index contributed by atoms with van der Waals surface area (Å²) in [5.74, 6) is -2.85. The monoisotopic (exact) mass is 448 g/mol. The van der Waals surface area contributed by atoms with Gasteiger partial charge in [0, 0.05) is 18.7 Å². The normalized spacial score (nSPS) is 15.7. The lowest BCUT2D eigenvalue weighted by molar-refractivity contribution is -0.384. The molecule has 0 fully saturated rings. The Morgan fingerprint density at radius 2 is 1.70 bits per heavy atom. The topological polar surface area (TPSA) is 149 Å². The molecule has 1 aliphatic rings. The first-order valence-electron chi connectivity index (χ1n) is 9.70. The molecule has 1 atom stereocenters. The van der Waals surface area contributed by atoms with Crippen LogP contribution in [0.25, 0.3) is 0 Å². The molecule has 0 radical (unpaired) electrons. The summed E-state index contributed by atoms with van der Waals surface area (Å²) in [4.78, 5) is 37.6. The number of carbonyl (C=O) groups is 2. The van der Waals surface area contributed by atoms with Gasteiger partial charge in [0.2, 0.25) is 0 Å². The van der Waals surface area contributed by atoms with E-state index in [0.717, 1.165) is 19.8 Å². The molecule has 0 saturated carbocycles. The average Bonchev–Trinajstić information content (AvgIpc) is 2.84. The summed E-state index contributed by atoms with van der Waals surface area (Å²) in [5, 5.41) is 21.0. The Kier molecular flexibility index (Phi) is 6.74. The largest absolute Gasteiger partial charge is 0.466 e. The van der Waals surface area contributed by atoms with Gasteiger partial charge in [-0.15, -0.1) is 0 Å². The highest BCUT2D eigenvalue weighted by atomic mass is 16.6. The Morgan fingerprint density at radius 1 is 1.09 bits per heavy atom. The van der Waals surface area contributed by atoms with E-state index in [2.05, 4.69) is 0 Å². The molecule has 0 aliphatic carbocycles.